The largest absolute Gasteiger partial charge is 0.465 e. The minimum Gasteiger partial charge on any atom is -0.465 e. The van der Waals surface area contributed by atoms with Crippen LogP contribution in [0, 0.1) is 0 Å². The van der Waals surface area contributed by atoms with Crippen LogP contribution in [0.1, 0.15) is 35.8 Å². The molecule has 0 saturated carbocycles. The summed E-state index contributed by atoms with van der Waals surface area (Å²) in [6.07, 6.45) is 3.06. The fourth-order valence-electron chi connectivity index (χ4n) is 3.14. The second-order valence-corrected chi connectivity index (χ2v) is 6.06. The van der Waals surface area contributed by atoms with Crippen molar-refractivity contribution >= 4 is 5.97 Å². The predicted octanol–water partition coefficient (Wildman–Crippen LogP) is 5.48. The highest BCUT2D eigenvalue weighted by atomic mass is 16.5. The number of carbonyl (C=O) groups excluding carboxylic acids is 1. The monoisotopic (exact) mass is 333 g/mol. The van der Waals surface area contributed by atoms with E-state index in [0.29, 0.717) is 5.56 Å². The van der Waals surface area contributed by atoms with Crippen LogP contribution in [0.15, 0.2) is 60.7 Å². The molecule has 0 unspecified atom stereocenters. The minimum atomic E-state index is -0.309. The number of methoxy groups -OCH3 is 1. The van der Waals surface area contributed by atoms with Crippen molar-refractivity contribution in [1.82, 2.24) is 4.98 Å². The normalized spacial score (nSPS) is 10.6. The van der Waals surface area contributed by atoms with Crippen molar-refractivity contribution in [2.75, 3.05) is 7.11 Å². The van der Waals surface area contributed by atoms with E-state index >= 15 is 0 Å². The third-order valence-electron chi connectivity index (χ3n) is 4.37. The Bertz CT molecular complexity index is 835. The summed E-state index contributed by atoms with van der Waals surface area (Å²) in [5, 5.41) is 0. The van der Waals surface area contributed by atoms with Gasteiger partial charge in [0.15, 0.2) is 0 Å². The third-order valence-corrected chi connectivity index (χ3v) is 4.37. The van der Waals surface area contributed by atoms with Gasteiger partial charge in [-0.2, -0.15) is 0 Å². The van der Waals surface area contributed by atoms with Crippen molar-refractivity contribution in [1.29, 1.82) is 0 Å². The Balaban J connectivity index is 2.26. The Kier molecular flexibility index (Phi) is 5.34. The lowest BCUT2D eigenvalue weighted by molar-refractivity contribution is 0.0602. The number of hydrogen-bond acceptors (Lipinski definition) is 2. The highest BCUT2D eigenvalue weighted by molar-refractivity contribution is 6.04. The molecule has 0 spiro atoms. The second-order valence-electron chi connectivity index (χ2n) is 6.06. The number of aromatic nitrogens is 1. The number of ether oxygens (including phenoxy) is 1. The maximum atomic E-state index is 12.6. The van der Waals surface area contributed by atoms with Crippen LogP contribution in [-0.4, -0.2) is 18.1 Å². The molecule has 1 heterocycles. The molecule has 0 aliphatic carbocycles. The zero-order valence-corrected chi connectivity index (χ0v) is 14.7. The van der Waals surface area contributed by atoms with Crippen LogP contribution in [0.4, 0.5) is 0 Å². The van der Waals surface area contributed by atoms with Gasteiger partial charge in [0.1, 0.15) is 0 Å². The first-order valence-electron chi connectivity index (χ1n) is 8.70. The number of aryl methyl sites for hydroxylation is 1. The lowest BCUT2D eigenvalue weighted by Gasteiger charge is -2.08. The molecule has 1 aromatic heterocycles. The van der Waals surface area contributed by atoms with Gasteiger partial charge >= 0.3 is 5.97 Å². The first kappa shape index (κ1) is 17.0. The van der Waals surface area contributed by atoms with Crippen molar-refractivity contribution in [3.05, 3.63) is 71.9 Å². The van der Waals surface area contributed by atoms with E-state index < -0.39 is 0 Å². The lowest BCUT2D eigenvalue weighted by atomic mass is 9.96. The average molecular weight is 333 g/mol. The van der Waals surface area contributed by atoms with Crippen LogP contribution >= 0.6 is 0 Å². The van der Waals surface area contributed by atoms with E-state index in [-0.39, 0.29) is 5.97 Å². The number of rotatable bonds is 6. The summed E-state index contributed by atoms with van der Waals surface area (Å²) in [6.45, 7) is 2.17. The molecular weight excluding hydrogens is 310 g/mol. The summed E-state index contributed by atoms with van der Waals surface area (Å²) < 4.78 is 5.12. The molecule has 0 aliphatic rings. The smallest absolute Gasteiger partial charge is 0.340 e. The molecule has 25 heavy (non-hydrogen) atoms. The van der Waals surface area contributed by atoms with Crippen molar-refractivity contribution in [2.45, 2.75) is 26.2 Å². The van der Waals surface area contributed by atoms with E-state index in [1.807, 2.05) is 60.7 Å². The van der Waals surface area contributed by atoms with Gasteiger partial charge < -0.3 is 9.72 Å². The number of hydrogen-bond donors (Lipinski definition) is 1. The Morgan fingerprint density at radius 1 is 0.960 bits per heavy atom. The summed E-state index contributed by atoms with van der Waals surface area (Å²) in [5.41, 5.74) is 5.52. The van der Waals surface area contributed by atoms with Crippen LogP contribution in [0.3, 0.4) is 0 Å². The fraction of sp³-hybridized carbons (Fsp3) is 0.227. The van der Waals surface area contributed by atoms with Gasteiger partial charge in [-0.05, 0) is 24.0 Å². The molecule has 0 radical (unpaired) electrons. The molecule has 3 heteroatoms. The summed E-state index contributed by atoms with van der Waals surface area (Å²) in [7, 11) is 1.44. The van der Waals surface area contributed by atoms with Gasteiger partial charge in [-0.15, -0.1) is 0 Å². The number of carbonyl (C=O) groups is 1. The van der Waals surface area contributed by atoms with Crippen molar-refractivity contribution in [2.24, 2.45) is 0 Å². The molecule has 3 nitrogen and oxygen atoms in total. The second kappa shape index (κ2) is 7.84. The van der Waals surface area contributed by atoms with Crippen LogP contribution in [0.5, 0.6) is 0 Å². The van der Waals surface area contributed by atoms with Gasteiger partial charge in [0, 0.05) is 11.3 Å². The van der Waals surface area contributed by atoms with Crippen LogP contribution in [-0.2, 0) is 11.2 Å². The standard InChI is InChI=1S/C22H23NO2/c1-3-4-15-18-19(16-11-7-5-8-12-16)20(22(24)25-2)21(23-18)17-13-9-6-10-14-17/h5-14,23H,3-4,15H2,1-2H3. The number of aromatic amines is 1. The molecule has 0 amide bonds. The van der Waals surface area contributed by atoms with E-state index in [0.717, 1.165) is 47.3 Å². The fourth-order valence-corrected chi connectivity index (χ4v) is 3.14. The molecule has 1 N–H and O–H groups in total. The summed E-state index contributed by atoms with van der Waals surface area (Å²) in [6, 6.07) is 20.0. The highest BCUT2D eigenvalue weighted by Gasteiger charge is 2.25. The summed E-state index contributed by atoms with van der Waals surface area (Å²) >= 11 is 0. The molecule has 3 rings (SSSR count). The van der Waals surface area contributed by atoms with E-state index in [1.54, 1.807) is 0 Å². The topological polar surface area (TPSA) is 42.1 Å². The maximum Gasteiger partial charge on any atom is 0.340 e. The molecule has 0 bridgehead atoms. The molecule has 128 valence electrons. The number of H-pyrrole nitrogens is 1. The molecule has 0 fully saturated rings. The van der Waals surface area contributed by atoms with Gasteiger partial charge in [0.2, 0.25) is 0 Å². The number of nitrogens with one attached hydrogen (secondary N) is 1. The van der Waals surface area contributed by atoms with Crippen LogP contribution < -0.4 is 0 Å². The Hall–Kier alpha value is -2.81. The zero-order chi connectivity index (χ0) is 17.6. The third kappa shape index (κ3) is 3.50. The van der Waals surface area contributed by atoms with E-state index in [4.69, 9.17) is 4.74 Å². The van der Waals surface area contributed by atoms with E-state index in [9.17, 15) is 4.79 Å². The number of benzene rings is 2. The van der Waals surface area contributed by atoms with Crippen molar-refractivity contribution in [3.8, 4) is 22.4 Å². The van der Waals surface area contributed by atoms with Gasteiger partial charge in [-0.3, -0.25) is 0 Å². The van der Waals surface area contributed by atoms with Gasteiger partial charge in [-0.1, -0.05) is 74.0 Å². The van der Waals surface area contributed by atoms with Gasteiger partial charge in [0.25, 0.3) is 0 Å². The predicted molar refractivity (Wildman–Crippen MR) is 102 cm³/mol. The first-order chi connectivity index (χ1) is 12.3. The minimum absolute atomic E-state index is 0.309. The van der Waals surface area contributed by atoms with E-state index in [1.165, 1.54) is 7.11 Å². The zero-order valence-electron chi connectivity index (χ0n) is 14.7. The summed E-state index contributed by atoms with van der Waals surface area (Å²) in [4.78, 5) is 16.2. The quantitative estimate of drug-likeness (QED) is 0.607. The number of unbranched alkanes of at least 4 members (excludes halogenated alkanes) is 1. The van der Waals surface area contributed by atoms with Crippen molar-refractivity contribution in [3.63, 3.8) is 0 Å². The molecule has 0 aliphatic heterocycles. The molecular formula is C22H23NO2. The molecule has 2 aromatic carbocycles. The highest BCUT2D eigenvalue weighted by Crippen LogP contribution is 2.36. The Morgan fingerprint density at radius 3 is 2.12 bits per heavy atom. The summed E-state index contributed by atoms with van der Waals surface area (Å²) in [5.74, 6) is -0.309. The number of esters is 1. The lowest BCUT2D eigenvalue weighted by Crippen LogP contribution is -2.04. The van der Waals surface area contributed by atoms with Crippen molar-refractivity contribution < 1.29 is 9.53 Å². The molecule has 3 aromatic rings. The Labute approximate surface area is 148 Å². The molecule has 0 saturated heterocycles. The van der Waals surface area contributed by atoms with Crippen LogP contribution in [0.25, 0.3) is 22.4 Å². The maximum absolute atomic E-state index is 12.6. The first-order valence-corrected chi connectivity index (χ1v) is 8.70. The van der Waals surface area contributed by atoms with Gasteiger partial charge in [0.05, 0.1) is 18.4 Å². The van der Waals surface area contributed by atoms with E-state index in [2.05, 4.69) is 11.9 Å². The SMILES string of the molecule is CCCCc1[nH]c(-c2ccccc2)c(C(=O)OC)c1-c1ccccc1. The van der Waals surface area contributed by atoms with Gasteiger partial charge in [-0.25, -0.2) is 4.79 Å². The average Bonchev–Trinajstić information content (AvgIpc) is 3.06. The molecule has 0 atom stereocenters. The van der Waals surface area contributed by atoms with Crippen LogP contribution in [0.2, 0.25) is 0 Å². The Morgan fingerprint density at radius 2 is 1.56 bits per heavy atom.